The van der Waals surface area contributed by atoms with Crippen molar-refractivity contribution in [3.8, 4) is 0 Å². The highest BCUT2D eigenvalue weighted by Crippen LogP contribution is 2.24. The molecule has 0 aliphatic heterocycles. The van der Waals surface area contributed by atoms with Crippen molar-refractivity contribution in [3.05, 3.63) is 53.9 Å². The van der Waals surface area contributed by atoms with Gasteiger partial charge in [-0.1, -0.05) is 29.8 Å². The van der Waals surface area contributed by atoms with Crippen LogP contribution in [0.4, 0.5) is 17.3 Å². The number of benzene rings is 1. The zero-order valence-electron chi connectivity index (χ0n) is 14.6. The maximum Gasteiger partial charge on any atom is 0.138 e. The van der Waals surface area contributed by atoms with Gasteiger partial charge in [-0.05, 0) is 51.2 Å². The Morgan fingerprint density at radius 1 is 1.12 bits per heavy atom. The largest absolute Gasteiger partial charge is 0.370 e. The van der Waals surface area contributed by atoms with E-state index in [9.17, 15) is 0 Å². The van der Waals surface area contributed by atoms with Crippen LogP contribution >= 0.6 is 0 Å². The first-order valence-electron chi connectivity index (χ1n) is 8.78. The van der Waals surface area contributed by atoms with Gasteiger partial charge in [0, 0.05) is 25.3 Å². The van der Waals surface area contributed by atoms with E-state index in [0.717, 1.165) is 36.1 Å². The molecule has 1 aromatic carbocycles. The van der Waals surface area contributed by atoms with Gasteiger partial charge in [0.15, 0.2) is 0 Å². The van der Waals surface area contributed by atoms with Crippen molar-refractivity contribution in [1.29, 1.82) is 0 Å². The fourth-order valence-electron chi connectivity index (χ4n) is 3.08. The SMILES string of the molecule is Cc1nc(NCCC2=CCCCC2)cc(N(C)c2ccccc2)n1. The molecule has 3 rings (SSSR count). The summed E-state index contributed by atoms with van der Waals surface area (Å²) in [7, 11) is 2.04. The molecule has 4 nitrogen and oxygen atoms in total. The zero-order chi connectivity index (χ0) is 16.8. The molecule has 4 heteroatoms. The standard InChI is InChI=1S/C20H26N4/c1-16-22-19(21-14-13-17-9-5-3-6-10-17)15-20(23-16)24(2)18-11-7-4-8-12-18/h4,7-9,11-12,15H,3,5-6,10,13-14H2,1-2H3,(H,21,22,23). The van der Waals surface area contributed by atoms with Gasteiger partial charge in [-0.25, -0.2) is 9.97 Å². The van der Waals surface area contributed by atoms with Crippen molar-refractivity contribution in [2.75, 3.05) is 23.8 Å². The van der Waals surface area contributed by atoms with Gasteiger partial charge < -0.3 is 10.2 Å². The van der Waals surface area contributed by atoms with Crippen LogP contribution in [0.5, 0.6) is 0 Å². The summed E-state index contributed by atoms with van der Waals surface area (Å²) in [6.45, 7) is 2.87. The predicted octanol–water partition coefficient (Wildman–Crippen LogP) is 4.86. The van der Waals surface area contributed by atoms with Gasteiger partial charge in [0.05, 0.1) is 0 Å². The van der Waals surface area contributed by atoms with Crippen LogP contribution in [0.2, 0.25) is 0 Å². The number of aromatic nitrogens is 2. The lowest BCUT2D eigenvalue weighted by Gasteiger charge is -2.19. The van der Waals surface area contributed by atoms with Crippen LogP contribution in [0.3, 0.4) is 0 Å². The summed E-state index contributed by atoms with van der Waals surface area (Å²) < 4.78 is 0. The highest BCUT2D eigenvalue weighted by atomic mass is 15.2. The minimum Gasteiger partial charge on any atom is -0.370 e. The average molecular weight is 322 g/mol. The van der Waals surface area contributed by atoms with Crippen molar-refractivity contribution < 1.29 is 0 Å². The molecule has 24 heavy (non-hydrogen) atoms. The van der Waals surface area contributed by atoms with Crippen LogP contribution in [0.1, 0.15) is 37.9 Å². The van der Waals surface area contributed by atoms with Crippen LogP contribution in [-0.2, 0) is 0 Å². The molecule has 0 bridgehead atoms. The fourth-order valence-corrected chi connectivity index (χ4v) is 3.08. The minimum absolute atomic E-state index is 0.787. The third kappa shape index (κ3) is 4.34. The van der Waals surface area contributed by atoms with Gasteiger partial charge in [0.25, 0.3) is 0 Å². The van der Waals surface area contributed by atoms with Crippen LogP contribution < -0.4 is 10.2 Å². The van der Waals surface area contributed by atoms with Crippen molar-refractivity contribution in [1.82, 2.24) is 9.97 Å². The molecule has 0 atom stereocenters. The Balaban J connectivity index is 1.66. The van der Waals surface area contributed by atoms with E-state index in [4.69, 9.17) is 0 Å². The molecule has 1 aliphatic rings. The summed E-state index contributed by atoms with van der Waals surface area (Å²) in [5, 5.41) is 3.46. The lowest BCUT2D eigenvalue weighted by atomic mass is 9.97. The first-order valence-corrected chi connectivity index (χ1v) is 8.78. The number of rotatable bonds is 6. The third-order valence-corrected chi connectivity index (χ3v) is 4.45. The smallest absolute Gasteiger partial charge is 0.138 e. The summed E-state index contributed by atoms with van der Waals surface area (Å²) >= 11 is 0. The first-order chi connectivity index (χ1) is 11.7. The molecule has 1 N–H and O–H groups in total. The number of anilines is 3. The molecule has 126 valence electrons. The second-order valence-electron chi connectivity index (χ2n) is 6.34. The van der Waals surface area contributed by atoms with Gasteiger partial charge in [0.1, 0.15) is 17.5 Å². The summed E-state index contributed by atoms with van der Waals surface area (Å²) in [6, 6.07) is 12.3. The average Bonchev–Trinajstić information content (AvgIpc) is 2.62. The quantitative estimate of drug-likeness (QED) is 0.771. The molecule has 0 unspecified atom stereocenters. The molecule has 0 amide bonds. The second-order valence-corrected chi connectivity index (χ2v) is 6.34. The molecule has 1 aliphatic carbocycles. The number of aryl methyl sites for hydroxylation is 1. The number of para-hydroxylation sites is 1. The van der Waals surface area contributed by atoms with E-state index in [0.29, 0.717) is 0 Å². The second kappa shape index (κ2) is 7.95. The maximum atomic E-state index is 4.57. The Kier molecular flexibility index (Phi) is 5.47. The zero-order valence-corrected chi connectivity index (χ0v) is 14.6. The van der Waals surface area contributed by atoms with Gasteiger partial charge in [-0.2, -0.15) is 0 Å². The Bertz CT molecular complexity index is 694. The summed E-state index contributed by atoms with van der Waals surface area (Å²) in [5.41, 5.74) is 2.70. The molecule has 0 saturated carbocycles. The van der Waals surface area contributed by atoms with Crippen molar-refractivity contribution in [2.24, 2.45) is 0 Å². The van der Waals surface area contributed by atoms with Crippen molar-refractivity contribution >= 4 is 17.3 Å². The molecular formula is C20H26N4. The van der Waals surface area contributed by atoms with Crippen LogP contribution in [0.25, 0.3) is 0 Å². The lowest BCUT2D eigenvalue weighted by Crippen LogP contribution is -2.14. The fraction of sp³-hybridized carbons (Fsp3) is 0.400. The first kappa shape index (κ1) is 16.5. The maximum absolute atomic E-state index is 4.57. The Morgan fingerprint density at radius 2 is 1.96 bits per heavy atom. The Morgan fingerprint density at radius 3 is 2.71 bits per heavy atom. The van der Waals surface area contributed by atoms with Crippen LogP contribution in [0, 0.1) is 6.92 Å². The van der Waals surface area contributed by atoms with Crippen LogP contribution in [-0.4, -0.2) is 23.6 Å². The number of nitrogens with one attached hydrogen (secondary N) is 1. The monoisotopic (exact) mass is 322 g/mol. The van der Waals surface area contributed by atoms with Gasteiger partial charge in [-0.3, -0.25) is 0 Å². The molecule has 1 aromatic heterocycles. The predicted molar refractivity (Wildman–Crippen MR) is 101 cm³/mol. The van der Waals surface area contributed by atoms with E-state index in [-0.39, 0.29) is 0 Å². The molecule has 0 spiro atoms. The molecule has 2 aromatic rings. The highest BCUT2D eigenvalue weighted by molar-refractivity contribution is 5.61. The van der Waals surface area contributed by atoms with E-state index in [1.165, 1.54) is 25.7 Å². The van der Waals surface area contributed by atoms with E-state index in [2.05, 4.69) is 38.4 Å². The highest BCUT2D eigenvalue weighted by Gasteiger charge is 2.09. The summed E-state index contributed by atoms with van der Waals surface area (Å²) in [4.78, 5) is 11.2. The third-order valence-electron chi connectivity index (χ3n) is 4.45. The van der Waals surface area contributed by atoms with Gasteiger partial charge in [0.2, 0.25) is 0 Å². The summed E-state index contributed by atoms with van der Waals surface area (Å²) in [5.74, 6) is 2.60. The molecule has 0 radical (unpaired) electrons. The van der Waals surface area contributed by atoms with Gasteiger partial charge in [-0.15, -0.1) is 0 Å². The van der Waals surface area contributed by atoms with E-state index >= 15 is 0 Å². The number of nitrogens with zero attached hydrogens (tertiary/aromatic N) is 3. The number of hydrogen-bond donors (Lipinski definition) is 1. The number of hydrogen-bond acceptors (Lipinski definition) is 4. The summed E-state index contributed by atoms with van der Waals surface area (Å²) in [6.07, 6.45) is 8.69. The molecule has 1 heterocycles. The van der Waals surface area contributed by atoms with E-state index < -0.39 is 0 Å². The Hall–Kier alpha value is -2.36. The minimum atomic E-state index is 0.787. The molecule has 0 saturated heterocycles. The topological polar surface area (TPSA) is 41.1 Å². The van der Waals surface area contributed by atoms with Crippen molar-refractivity contribution in [3.63, 3.8) is 0 Å². The number of allylic oxidation sites excluding steroid dienone is 1. The van der Waals surface area contributed by atoms with Gasteiger partial charge >= 0.3 is 0 Å². The molecular weight excluding hydrogens is 296 g/mol. The van der Waals surface area contributed by atoms with E-state index in [1.54, 1.807) is 5.57 Å². The Labute approximate surface area is 144 Å². The molecule has 0 fully saturated rings. The normalized spacial score (nSPS) is 14.2. The van der Waals surface area contributed by atoms with E-state index in [1.807, 2.05) is 38.2 Å². The van der Waals surface area contributed by atoms with Crippen molar-refractivity contribution in [2.45, 2.75) is 39.0 Å². The van der Waals surface area contributed by atoms with Crippen LogP contribution in [0.15, 0.2) is 48.0 Å². The lowest BCUT2D eigenvalue weighted by molar-refractivity contribution is 0.679.